The molecule has 19 heavy (non-hydrogen) atoms. The third kappa shape index (κ3) is 2.35. The SMILES string of the molecule is CC1CCCN(C(=O)NC2C(C)(C)C(N)C2(C)C)C1. The molecule has 0 radical (unpaired) electrons. The van der Waals surface area contributed by atoms with Crippen molar-refractivity contribution in [2.75, 3.05) is 13.1 Å². The molecule has 1 aliphatic heterocycles. The van der Waals surface area contributed by atoms with Crippen LogP contribution < -0.4 is 11.1 Å². The van der Waals surface area contributed by atoms with Crippen molar-refractivity contribution >= 4 is 6.03 Å². The Morgan fingerprint density at radius 2 is 1.84 bits per heavy atom. The number of nitrogens with zero attached hydrogens (tertiary/aromatic N) is 1. The maximum absolute atomic E-state index is 12.4. The number of nitrogens with two attached hydrogens (primary N) is 1. The number of nitrogens with one attached hydrogen (secondary N) is 1. The lowest BCUT2D eigenvalue weighted by Gasteiger charge is -2.63. The Kier molecular flexibility index (Phi) is 3.58. The predicted molar refractivity (Wildman–Crippen MR) is 77.8 cm³/mol. The third-order valence-electron chi connectivity index (χ3n) is 5.30. The summed E-state index contributed by atoms with van der Waals surface area (Å²) >= 11 is 0. The van der Waals surface area contributed by atoms with E-state index in [0.29, 0.717) is 5.92 Å². The summed E-state index contributed by atoms with van der Waals surface area (Å²) in [5.41, 5.74) is 6.18. The predicted octanol–water partition coefficient (Wildman–Crippen LogP) is 2.19. The minimum atomic E-state index is -0.0272. The van der Waals surface area contributed by atoms with Crippen LogP contribution in [-0.2, 0) is 0 Å². The monoisotopic (exact) mass is 267 g/mol. The molecule has 2 amide bonds. The van der Waals surface area contributed by atoms with Gasteiger partial charge >= 0.3 is 6.03 Å². The number of likely N-dealkylation sites (tertiary alicyclic amines) is 1. The quantitative estimate of drug-likeness (QED) is 0.765. The highest BCUT2D eigenvalue weighted by atomic mass is 16.2. The number of carbonyl (C=O) groups excluding carboxylic acids is 1. The number of carbonyl (C=O) groups is 1. The van der Waals surface area contributed by atoms with E-state index in [1.807, 2.05) is 4.90 Å². The summed E-state index contributed by atoms with van der Waals surface area (Å²) < 4.78 is 0. The fourth-order valence-electron chi connectivity index (χ4n) is 4.14. The molecule has 1 heterocycles. The van der Waals surface area contributed by atoms with Crippen molar-refractivity contribution in [1.82, 2.24) is 10.2 Å². The van der Waals surface area contributed by atoms with E-state index in [0.717, 1.165) is 19.5 Å². The summed E-state index contributed by atoms with van der Waals surface area (Å²) in [6.45, 7) is 12.6. The minimum absolute atomic E-state index is 0.0272. The van der Waals surface area contributed by atoms with Crippen LogP contribution >= 0.6 is 0 Å². The Balaban J connectivity index is 1.99. The van der Waals surface area contributed by atoms with Gasteiger partial charge in [-0.2, -0.15) is 0 Å². The fourth-order valence-corrected chi connectivity index (χ4v) is 4.14. The van der Waals surface area contributed by atoms with E-state index in [2.05, 4.69) is 39.9 Å². The molecule has 1 aliphatic carbocycles. The Morgan fingerprint density at radius 1 is 1.26 bits per heavy atom. The van der Waals surface area contributed by atoms with E-state index in [1.54, 1.807) is 0 Å². The average Bonchev–Trinajstić information content (AvgIpc) is 2.34. The summed E-state index contributed by atoms with van der Waals surface area (Å²) in [5.74, 6) is 0.615. The maximum atomic E-state index is 12.4. The van der Waals surface area contributed by atoms with E-state index in [1.165, 1.54) is 6.42 Å². The first kappa shape index (κ1) is 14.6. The molecular formula is C15H29N3O. The minimum Gasteiger partial charge on any atom is -0.334 e. The standard InChI is InChI=1S/C15H29N3O/c1-10-7-6-8-18(9-10)13(19)17-12-14(2,3)11(16)15(12,4)5/h10-12H,6-9,16H2,1-5H3,(H,17,19). The van der Waals surface area contributed by atoms with Crippen LogP contribution in [0.15, 0.2) is 0 Å². The molecule has 0 spiro atoms. The number of rotatable bonds is 1. The van der Waals surface area contributed by atoms with Crippen molar-refractivity contribution in [3.8, 4) is 0 Å². The molecule has 0 bridgehead atoms. The van der Waals surface area contributed by atoms with Gasteiger partial charge in [-0.25, -0.2) is 4.79 Å². The summed E-state index contributed by atoms with van der Waals surface area (Å²) in [6.07, 6.45) is 2.35. The van der Waals surface area contributed by atoms with E-state index < -0.39 is 0 Å². The van der Waals surface area contributed by atoms with Crippen molar-refractivity contribution in [2.45, 2.75) is 59.5 Å². The zero-order valence-corrected chi connectivity index (χ0v) is 13.0. The number of piperidine rings is 1. The van der Waals surface area contributed by atoms with Crippen molar-refractivity contribution in [2.24, 2.45) is 22.5 Å². The van der Waals surface area contributed by atoms with Crippen LogP contribution in [0.25, 0.3) is 0 Å². The number of hydrogen-bond acceptors (Lipinski definition) is 2. The second-order valence-corrected chi connectivity index (χ2v) is 7.70. The molecule has 0 aromatic rings. The maximum Gasteiger partial charge on any atom is 0.317 e. The molecule has 110 valence electrons. The van der Waals surface area contributed by atoms with Gasteiger partial charge in [-0.05, 0) is 18.8 Å². The molecule has 0 aromatic carbocycles. The Labute approximate surface area is 117 Å². The van der Waals surface area contributed by atoms with E-state index in [-0.39, 0.29) is 28.9 Å². The molecule has 2 rings (SSSR count). The smallest absolute Gasteiger partial charge is 0.317 e. The van der Waals surface area contributed by atoms with Crippen LogP contribution in [0.1, 0.15) is 47.5 Å². The molecule has 4 heteroatoms. The van der Waals surface area contributed by atoms with Gasteiger partial charge in [0, 0.05) is 36.0 Å². The van der Waals surface area contributed by atoms with Crippen molar-refractivity contribution in [3.63, 3.8) is 0 Å². The topological polar surface area (TPSA) is 58.4 Å². The molecule has 2 aliphatic rings. The van der Waals surface area contributed by atoms with Crippen LogP contribution in [0.2, 0.25) is 0 Å². The van der Waals surface area contributed by atoms with Gasteiger partial charge in [0.05, 0.1) is 0 Å². The lowest BCUT2D eigenvalue weighted by molar-refractivity contribution is -0.0666. The first-order chi connectivity index (χ1) is 8.67. The summed E-state index contributed by atoms with van der Waals surface area (Å²) in [6, 6.07) is 0.370. The first-order valence-electron chi connectivity index (χ1n) is 7.48. The van der Waals surface area contributed by atoms with Gasteiger partial charge in [-0.15, -0.1) is 0 Å². The lowest BCUT2D eigenvalue weighted by atomic mass is 9.48. The molecule has 4 nitrogen and oxygen atoms in total. The number of urea groups is 1. The molecular weight excluding hydrogens is 238 g/mol. The molecule has 1 saturated carbocycles. The second-order valence-electron chi connectivity index (χ2n) is 7.70. The van der Waals surface area contributed by atoms with Crippen LogP contribution in [0.5, 0.6) is 0 Å². The van der Waals surface area contributed by atoms with Crippen LogP contribution in [0.4, 0.5) is 4.79 Å². The van der Waals surface area contributed by atoms with Gasteiger partial charge in [-0.3, -0.25) is 0 Å². The number of hydrogen-bond donors (Lipinski definition) is 2. The van der Waals surface area contributed by atoms with Gasteiger partial charge in [0.25, 0.3) is 0 Å². The van der Waals surface area contributed by atoms with Gasteiger partial charge < -0.3 is 16.0 Å². The summed E-state index contributed by atoms with van der Waals surface area (Å²) in [7, 11) is 0. The zero-order chi connectivity index (χ0) is 14.4. The van der Waals surface area contributed by atoms with Crippen LogP contribution in [0.3, 0.4) is 0 Å². The Bertz CT molecular complexity index is 348. The molecule has 1 unspecified atom stereocenters. The molecule has 3 N–H and O–H groups in total. The highest BCUT2D eigenvalue weighted by Gasteiger charge is 2.60. The van der Waals surface area contributed by atoms with E-state index >= 15 is 0 Å². The molecule has 1 atom stereocenters. The first-order valence-corrected chi connectivity index (χ1v) is 7.48. The summed E-state index contributed by atoms with van der Waals surface area (Å²) in [5, 5.41) is 3.22. The highest BCUT2D eigenvalue weighted by molar-refractivity contribution is 5.75. The van der Waals surface area contributed by atoms with E-state index in [4.69, 9.17) is 5.73 Å². The van der Waals surface area contributed by atoms with Crippen LogP contribution in [-0.4, -0.2) is 36.1 Å². The molecule has 2 fully saturated rings. The average molecular weight is 267 g/mol. The van der Waals surface area contributed by atoms with Crippen LogP contribution in [0, 0.1) is 16.7 Å². The van der Waals surface area contributed by atoms with Crippen molar-refractivity contribution in [3.05, 3.63) is 0 Å². The third-order valence-corrected chi connectivity index (χ3v) is 5.30. The van der Waals surface area contributed by atoms with Gasteiger partial charge in [0.2, 0.25) is 0 Å². The van der Waals surface area contributed by atoms with Gasteiger partial charge in [0.15, 0.2) is 0 Å². The summed E-state index contributed by atoms with van der Waals surface area (Å²) in [4.78, 5) is 14.4. The van der Waals surface area contributed by atoms with Gasteiger partial charge in [0.1, 0.15) is 0 Å². The molecule has 1 saturated heterocycles. The lowest BCUT2D eigenvalue weighted by Crippen LogP contribution is -2.76. The Morgan fingerprint density at radius 3 is 2.37 bits per heavy atom. The normalized spacial score (nSPS) is 36.5. The van der Waals surface area contributed by atoms with Crippen molar-refractivity contribution < 1.29 is 4.79 Å². The largest absolute Gasteiger partial charge is 0.334 e. The number of amides is 2. The fraction of sp³-hybridized carbons (Fsp3) is 0.933. The molecule has 0 aromatic heterocycles. The Hall–Kier alpha value is -0.770. The second kappa shape index (κ2) is 4.65. The zero-order valence-electron chi connectivity index (χ0n) is 13.0. The highest BCUT2D eigenvalue weighted by Crippen LogP contribution is 2.52. The van der Waals surface area contributed by atoms with Gasteiger partial charge in [-0.1, -0.05) is 34.6 Å². The van der Waals surface area contributed by atoms with E-state index in [9.17, 15) is 4.79 Å². The van der Waals surface area contributed by atoms with Crippen molar-refractivity contribution in [1.29, 1.82) is 0 Å².